The molecule has 1 amide bonds. The van der Waals surface area contributed by atoms with E-state index in [2.05, 4.69) is 6.92 Å². The third kappa shape index (κ3) is 2.55. The maximum Gasteiger partial charge on any atom is 0.255 e. The number of amides is 1. The zero-order chi connectivity index (χ0) is 16.4. The molecule has 1 N–H and O–H groups in total. The van der Waals surface area contributed by atoms with E-state index in [0.717, 1.165) is 17.5 Å². The van der Waals surface area contributed by atoms with Gasteiger partial charge in [0.2, 0.25) is 0 Å². The molecule has 0 fully saturated rings. The van der Waals surface area contributed by atoms with Gasteiger partial charge in [-0.2, -0.15) is 0 Å². The van der Waals surface area contributed by atoms with Gasteiger partial charge in [-0.25, -0.2) is 0 Å². The van der Waals surface area contributed by atoms with Crippen molar-refractivity contribution in [2.24, 2.45) is 0 Å². The second-order valence-corrected chi connectivity index (χ2v) is 6.37. The molecule has 2 aromatic rings. The number of nitrogens with zero attached hydrogens (tertiary/aromatic N) is 1. The molecule has 0 saturated carbocycles. The minimum atomic E-state index is -0.681. The highest BCUT2D eigenvalue weighted by Gasteiger charge is 2.50. The van der Waals surface area contributed by atoms with E-state index in [0.29, 0.717) is 18.5 Å². The SMILES string of the molecule is CCCC(O)C1(C)c2ccccc2C(=O)N1Cc1ccccc1. The highest BCUT2D eigenvalue weighted by Crippen LogP contribution is 2.43. The third-order valence-electron chi connectivity index (χ3n) is 4.90. The van der Waals surface area contributed by atoms with Crippen LogP contribution in [0, 0.1) is 0 Å². The smallest absolute Gasteiger partial charge is 0.255 e. The molecule has 2 aromatic carbocycles. The first kappa shape index (κ1) is 15.8. The Morgan fingerprint density at radius 1 is 1.09 bits per heavy atom. The van der Waals surface area contributed by atoms with Crippen molar-refractivity contribution in [1.29, 1.82) is 0 Å². The third-order valence-corrected chi connectivity index (χ3v) is 4.90. The lowest BCUT2D eigenvalue weighted by atomic mass is 9.84. The van der Waals surface area contributed by atoms with Gasteiger partial charge >= 0.3 is 0 Å². The van der Waals surface area contributed by atoms with E-state index >= 15 is 0 Å². The van der Waals surface area contributed by atoms with E-state index in [9.17, 15) is 9.90 Å². The van der Waals surface area contributed by atoms with Crippen molar-refractivity contribution >= 4 is 5.91 Å². The van der Waals surface area contributed by atoms with Crippen LogP contribution in [0.25, 0.3) is 0 Å². The molecule has 3 rings (SSSR count). The van der Waals surface area contributed by atoms with Crippen molar-refractivity contribution in [3.63, 3.8) is 0 Å². The maximum atomic E-state index is 12.9. The van der Waals surface area contributed by atoms with Crippen LogP contribution in [0.4, 0.5) is 0 Å². The molecule has 2 atom stereocenters. The Balaban J connectivity index is 2.04. The van der Waals surface area contributed by atoms with Gasteiger partial charge in [0.15, 0.2) is 0 Å². The van der Waals surface area contributed by atoms with E-state index < -0.39 is 11.6 Å². The van der Waals surface area contributed by atoms with Gasteiger partial charge in [0.1, 0.15) is 0 Å². The summed E-state index contributed by atoms with van der Waals surface area (Å²) in [4.78, 5) is 14.8. The Bertz CT molecular complexity index is 698. The molecule has 0 radical (unpaired) electrons. The van der Waals surface area contributed by atoms with Crippen molar-refractivity contribution < 1.29 is 9.90 Å². The van der Waals surface area contributed by atoms with Gasteiger partial charge in [0.25, 0.3) is 5.91 Å². The number of rotatable bonds is 5. The number of hydrogen-bond donors (Lipinski definition) is 1. The molecular formula is C20H23NO2. The van der Waals surface area contributed by atoms with E-state index in [4.69, 9.17) is 0 Å². The standard InChI is InChI=1S/C20H23NO2/c1-3-9-18(22)20(2)17-13-8-7-12-16(17)19(23)21(20)14-15-10-5-4-6-11-15/h4-8,10-13,18,22H,3,9,14H2,1-2H3. The molecule has 0 bridgehead atoms. The number of hydrogen-bond acceptors (Lipinski definition) is 2. The number of fused-ring (bicyclic) bond motifs is 1. The van der Waals surface area contributed by atoms with Gasteiger partial charge in [0.05, 0.1) is 11.6 Å². The largest absolute Gasteiger partial charge is 0.390 e. The minimum Gasteiger partial charge on any atom is -0.390 e. The quantitative estimate of drug-likeness (QED) is 0.914. The summed E-state index contributed by atoms with van der Waals surface area (Å²) in [5.74, 6) is 0.00195. The number of benzene rings is 2. The molecule has 1 heterocycles. The van der Waals surface area contributed by atoms with Crippen LogP contribution in [0.15, 0.2) is 54.6 Å². The molecule has 2 unspecified atom stereocenters. The van der Waals surface area contributed by atoms with E-state index in [1.807, 2.05) is 66.4 Å². The van der Waals surface area contributed by atoms with Gasteiger partial charge in [-0.05, 0) is 30.5 Å². The van der Waals surface area contributed by atoms with Gasteiger partial charge in [-0.1, -0.05) is 61.9 Å². The van der Waals surface area contributed by atoms with Crippen LogP contribution < -0.4 is 0 Å². The van der Waals surface area contributed by atoms with Gasteiger partial charge < -0.3 is 10.0 Å². The number of aliphatic hydroxyl groups is 1. The summed E-state index contributed by atoms with van der Waals surface area (Å²) in [5.41, 5.74) is 2.03. The molecule has 0 spiro atoms. The van der Waals surface area contributed by atoms with Crippen LogP contribution in [0.5, 0.6) is 0 Å². The second kappa shape index (κ2) is 6.17. The molecule has 23 heavy (non-hydrogen) atoms. The van der Waals surface area contributed by atoms with E-state index in [1.165, 1.54) is 0 Å². The molecule has 0 aliphatic carbocycles. The fourth-order valence-electron chi connectivity index (χ4n) is 3.53. The van der Waals surface area contributed by atoms with Crippen molar-refractivity contribution in [1.82, 2.24) is 4.90 Å². The van der Waals surface area contributed by atoms with Gasteiger partial charge in [-0.3, -0.25) is 4.79 Å². The lowest BCUT2D eigenvalue weighted by Crippen LogP contribution is -2.49. The zero-order valence-corrected chi connectivity index (χ0v) is 13.7. The maximum absolute atomic E-state index is 12.9. The predicted octanol–water partition coefficient (Wildman–Crippen LogP) is 3.72. The molecule has 0 saturated heterocycles. The highest BCUT2D eigenvalue weighted by atomic mass is 16.3. The lowest BCUT2D eigenvalue weighted by molar-refractivity contribution is -0.0142. The average Bonchev–Trinajstić information content (AvgIpc) is 2.80. The number of carbonyl (C=O) groups is 1. The first-order chi connectivity index (χ1) is 11.1. The number of aliphatic hydroxyl groups excluding tert-OH is 1. The first-order valence-corrected chi connectivity index (χ1v) is 8.22. The normalized spacial score (nSPS) is 21.3. The van der Waals surface area contributed by atoms with Crippen molar-refractivity contribution in [3.8, 4) is 0 Å². The van der Waals surface area contributed by atoms with Crippen LogP contribution in [-0.4, -0.2) is 22.0 Å². The summed E-state index contributed by atoms with van der Waals surface area (Å²) in [5, 5.41) is 10.8. The molecule has 3 heteroatoms. The van der Waals surface area contributed by atoms with E-state index in [1.54, 1.807) is 0 Å². The van der Waals surface area contributed by atoms with Gasteiger partial charge in [0, 0.05) is 12.1 Å². The molecule has 3 nitrogen and oxygen atoms in total. The van der Waals surface area contributed by atoms with E-state index in [-0.39, 0.29) is 5.91 Å². The highest BCUT2D eigenvalue weighted by molar-refractivity contribution is 6.00. The summed E-state index contributed by atoms with van der Waals surface area (Å²) in [6.45, 7) is 4.54. The Hall–Kier alpha value is -2.13. The molecular weight excluding hydrogens is 286 g/mol. The van der Waals surface area contributed by atoms with Crippen LogP contribution in [0.1, 0.15) is 48.2 Å². The Morgan fingerprint density at radius 2 is 1.74 bits per heavy atom. The Morgan fingerprint density at radius 3 is 2.43 bits per heavy atom. The number of carbonyl (C=O) groups excluding carboxylic acids is 1. The summed E-state index contributed by atoms with van der Waals surface area (Å²) in [7, 11) is 0. The topological polar surface area (TPSA) is 40.5 Å². The lowest BCUT2D eigenvalue weighted by Gasteiger charge is -2.40. The van der Waals surface area contributed by atoms with Crippen molar-refractivity contribution in [3.05, 3.63) is 71.3 Å². The summed E-state index contributed by atoms with van der Waals surface area (Å²) >= 11 is 0. The Kier molecular flexibility index (Phi) is 4.22. The molecule has 1 aliphatic heterocycles. The molecule has 1 aliphatic rings. The minimum absolute atomic E-state index is 0.00195. The van der Waals surface area contributed by atoms with Crippen molar-refractivity contribution in [2.45, 2.75) is 44.9 Å². The average molecular weight is 309 g/mol. The zero-order valence-electron chi connectivity index (χ0n) is 13.7. The first-order valence-electron chi connectivity index (χ1n) is 8.22. The fraction of sp³-hybridized carbons (Fsp3) is 0.350. The molecule has 0 aromatic heterocycles. The summed E-state index contributed by atoms with van der Waals surface area (Å²) in [6.07, 6.45) is 0.971. The van der Waals surface area contributed by atoms with Crippen LogP contribution in [0.2, 0.25) is 0 Å². The van der Waals surface area contributed by atoms with Crippen molar-refractivity contribution in [2.75, 3.05) is 0 Å². The van der Waals surface area contributed by atoms with Crippen LogP contribution >= 0.6 is 0 Å². The summed E-state index contributed by atoms with van der Waals surface area (Å²) in [6, 6.07) is 17.6. The fourth-order valence-corrected chi connectivity index (χ4v) is 3.53. The van der Waals surface area contributed by atoms with Crippen LogP contribution in [0.3, 0.4) is 0 Å². The van der Waals surface area contributed by atoms with Gasteiger partial charge in [-0.15, -0.1) is 0 Å². The molecule has 120 valence electrons. The summed E-state index contributed by atoms with van der Waals surface area (Å²) < 4.78 is 0. The van der Waals surface area contributed by atoms with Crippen LogP contribution in [-0.2, 0) is 12.1 Å². The Labute approximate surface area is 137 Å². The second-order valence-electron chi connectivity index (χ2n) is 6.37. The predicted molar refractivity (Wildman–Crippen MR) is 91.0 cm³/mol. The monoisotopic (exact) mass is 309 g/mol.